The first-order chi connectivity index (χ1) is 9.02. The van der Waals surface area contributed by atoms with E-state index in [-0.39, 0.29) is 0 Å². The van der Waals surface area contributed by atoms with Gasteiger partial charge in [0.05, 0.1) is 0 Å². The third-order valence-electron chi connectivity index (χ3n) is 4.11. The van der Waals surface area contributed by atoms with Gasteiger partial charge >= 0.3 is 0 Å². The van der Waals surface area contributed by atoms with Gasteiger partial charge in [-0.2, -0.15) is 0 Å². The Labute approximate surface area is 125 Å². The summed E-state index contributed by atoms with van der Waals surface area (Å²) in [5, 5.41) is 0.763. The van der Waals surface area contributed by atoms with E-state index in [4.69, 9.17) is 29.6 Å². The van der Waals surface area contributed by atoms with Gasteiger partial charge in [0.2, 0.25) is 0 Å². The molecule has 2 N–H and O–H groups in total. The van der Waals surface area contributed by atoms with Gasteiger partial charge < -0.3 is 5.73 Å². The van der Waals surface area contributed by atoms with Crippen LogP contribution in [0.5, 0.6) is 0 Å². The topological polar surface area (TPSA) is 29.3 Å². The van der Waals surface area contributed by atoms with Crippen LogP contribution in [0.1, 0.15) is 44.2 Å². The van der Waals surface area contributed by atoms with E-state index in [0.717, 1.165) is 22.7 Å². The molecular formula is C15H21ClN2S. The number of hydrogen-bond acceptors (Lipinski definition) is 2. The summed E-state index contributed by atoms with van der Waals surface area (Å²) in [5.74, 6) is 0. The summed E-state index contributed by atoms with van der Waals surface area (Å²) in [7, 11) is 0. The van der Waals surface area contributed by atoms with Crippen LogP contribution in [0, 0.1) is 0 Å². The number of nitrogens with two attached hydrogens (primary N) is 1. The molecule has 0 aliphatic carbocycles. The molecule has 1 aliphatic rings. The SMILES string of the molecule is CCC1CCC(C)N1Cc1ccc(C(N)=S)cc1Cl. The Morgan fingerprint density at radius 2 is 2.21 bits per heavy atom. The largest absolute Gasteiger partial charge is 0.389 e. The van der Waals surface area contributed by atoms with Crippen LogP contribution in [0.4, 0.5) is 0 Å². The summed E-state index contributed by atoms with van der Waals surface area (Å²) in [6.07, 6.45) is 3.77. The lowest BCUT2D eigenvalue weighted by atomic mass is 10.1. The Kier molecular flexibility index (Phi) is 4.82. The van der Waals surface area contributed by atoms with Crippen molar-refractivity contribution in [3.05, 3.63) is 34.3 Å². The number of halogens is 1. The summed E-state index contributed by atoms with van der Waals surface area (Å²) < 4.78 is 0. The molecule has 2 rings (SSSR count). The molecule has 4 heteroatoms. The van der Waals surface area contributed by atoms with Gasteiger partial charge in [0.1, 0.15) is 4.99 Å². The predicted molar refractivity (Wildman–Crippen MR) is 85.7 cm³/mol. The van der Waals surface area contributed by atoms with Crippen molar-refractivity contribution in [2.45, 2.75) is 51.7 Å². The van der Waals surface area contributed by atoms with Crippen molar-refractivity contribution in [3.63, 3.8) is 0 Å². The molecule has 0 aromatic heterocycles. The second-order valence-corrected chi connectivity index (χ2v) is 6.18. The third-order valence-corrected chi connectivity index (χ3v) is 4.70. The minimum Gasteiger partial charge on any atom is -0.389 e. The van der Waals surface area contributed by atoms with E-state index in [2.05, 4.69) is 24.8 Å². The number of likely N-dealkylation sites (tertiary alicyclic amines) is 1. The molecule has 1 aliphatic heterocycles. The second kappa shape index (κ2) is 6.21. The maximum Gasteiger partial charge on any atom is 0.104 e. The zero-order chi connectivity index (χ0) is 14.0. The van der Waals surface area contributed by atoms with Crippen LogP contribution in [0.15, 0.2) is 18.2 Å². The van der Waals surface area contributed by atoms with Crippen LogP contribution in [0.2, 0.25) is 5.02 Å². The first-order valence-electron chi connectivity index (χ1n) is 6.87. The Hall–Kier alpha value is -0.640. The highest BCUT2D eigenvalue weighted by Gasteiger charge is 2.29. The normalized spacial score (nSPS) is 23.7. The van der Waals surface area contributed by atoms with Gasteiger partial charge in [-0.25, -0.2) is 0 Å². The molecule has 2 nitrogen and oxygen atoms in total. The summed E-state index contributed by atoms with van der Waals surface area (Å²) in [6.45, 7) is 5.47. The quantitative estimate of drug-likeness (QED) is 0.858. The van der Waals surface area contributed by atoms with Crippen molar-refractivity contribution in [2.24, 2.45) is 5.73 Å². The van der Waals surface area contributed by atoms with Crippen LogP contribution in [0.25, 0.3) is 0 Å². The van der Waals surface area contributed by atoms with Crippen LogP contribution in [-0.4, -0.2) is 22.0 Å². The monoisotopic (exact) mass is 296 g/mol. The molecule has 1 heterocycles. The van der Waals surface area contributed by atoms with Gasteiger partial charge in [0.25, 0.3) is 0 Å². The van der Waals surface area contributed by atoms with Gasteiger partial charge in [-0.3, -0.25) is 4.90 Å². The molecule has 0 saturated carbocycles. The fourth-order valence-corrected chi connectivity index (χ4v) is 3.24. The van der Waals surface area contributed by atoms with Gasteiger partial charge in [0, 0.05) is 29.2 Å². The Morgan fingerprint density at radius 3 is 2.79 bits per heavy atom. The average molecular weight is 297 g/mol. The molecule has 0 radical (unpaired) electrons. The van der Waals surface area contributed by atoms with Crippen LogP contribution in [-0.2, 0) is 6.54 Å². The highest BCUT2D eigenvalue weighted by atomic mass is 35.5. The molecule has 104 valence electrons. The molecule has 1 aromatic rings. The summed E-state index contributed by atoms with van der Waals surface area (Å²) in [6, 6.07) is 7.21. The first-order valence-corrected chi connectivity index (χ1v) is 7.65. The highest BCUT2D eigenvalue weighted by molar-refractivity contribution is 7.80. The average Bonchev–Trinajstić information content (AvgIpc) is 2.72. The smallest absolute Gasteiger partial charge is 0.104 e. The van der Waals surface area contributed by atoms with Crippen molar-refractivity contribution in [3.8, 4) is 0 Å². The van der Waals surface area contributed by atoms with E-state index >= 15 is 0 Å². The van der Waals surface area contributed by atoms with E-state index in [9.17, 15) is 0 Å². The number of benzene rings is 1. The molecule has 2 unspecified atom stereocenters. The van der Waals surface area contributed by atoms with Crippen LogP contribution < -0.4 is 5.73 Å². The lowest BCUT2D eigenvalue weighted by molar-refractivity contribution is 0.189. The minimum absolute atomic E-state index is 0.398. The van der Waals surface area contributed by atoms with E-state index in [0.29, 0.717) is 17.1 Å². The van der Waals surface area contributed by atoms with Crippen LogP contribution >= 0.6 is 23.8 Å². The van der Waals surface area contributed by atoms with Gasteiger partial charge in [-0.1, -0.05) is 42.9 Å². The highest BCUT2D eigenvalue weighted by Crippen LogP contribution is 2.29. The van der Waals surface area contributed by atoms with Crippen molar-refractivity contribution in [1.29, 1.82) is 0 Å². The van der Waals surface area contributed by atoms with Crippen LogP contribution in [0.3, 0.4) is 0 Å². The molecule has 2 atom stereocenters. The van der Waals surface area contributed by atoms with E-state index in [1.807, 2.05) is 12.1 Å². The zero-order valence-electron chi connectivity index (χ0n) is 11.5. The standard InChI is InChI=1S/C15H21ClN2S/c1-3-13-7-4-10(2)18(13)9-12-6-5-11(15(17)19)8-14(12)16/h5-6,8,10,13H,3-4,7,9H2,1-2H3,(H2,17,19). The first kappa shape index (κ1) is 14.8. The van der Waals surface area contributed by atoms with E-state index < -0.39 is 0 Å². The molecule has 0 spiro atoms. The number of hydrogen-bond donors (Lipinski definition) is 1. The third kappa shape index (κ3) is 3.28. The van der Waals surface area contributed by atoms with E-state index in [1.165, 1.54) is 19.3 Å². The van der Waals surface area contributed by atoms with Crippen molar-refractivity contribution < 1.29 is 0 Å². The summed E-state index contributed by atoms with van der Waals surface area (Å²) >= 11 is 11.3. The fourth-order valence-electron chi connectivity index (χ4n) is 2.87. The number of rotatable bonds is 4. The van der Waals surface area contributed by atoms with Gasteiger partial charge in [-0.15, -0.1) is 0 Å². The predicted octanol–water partition coefficient (Wildman–Crippen LogP) is 3.74. The molecule has 1 aromatic carbocycles. The van der Waals surface area contributed by atoms with E-state index in [1.54, 1.807) is 0 Å². The Morgan fingerprint density at radius 1 is 1.47 bits per heavy atom. The maximum atomic E-state index is 6.35. The molecular weight excluding hydrogens is 276 g/mol. The van der Waals surface area contributed by atoms with Gasteiger partial charge in [-0.05, 0) is 37.8 Å². The summed E-state index contributed by atoms with van der Waals surface area (Å²) in [4.78, 5) is 2.95. The molecule has 1 saturated heterocycles. The zero-order valence-corrected chi connectivity index (χ0v) is 13.1. The lowest BCUT2D eigenvalue weighted by Crippen LogP contribution is -2.33. The molecule has 0 bridgehead atoms. The number of thiocarbonyl (C=S) groups is 1. The fraction of sp³-hybridized carbons (Fsp3) is 0.533. The maximum absolute atomic E-state index is 6.35. The molecule has 0 amide bonds. The Bertz CT molecular complexity index is 475. The van der Waals surface area contributed by atoms with Crippen molar-refractivity contribution >= 4 is 28.8 Å². The van der Waals surface area contributed by atoms with Crippen molar-refractivity contribution in [2.75, 3.05) is 0 Å². The molecule has 1 fully saturated rings. The molecule has 19 heavy (non-hydrogen) atoms. The minimum atomic E-state index is 0.398. The van der Waals surface area contributed by atoms with Gasteiger partial charge in [0.15, 0.2) is 0 Å². The summed E-state index contributed by atoms with van der Waals surface area (Å²) in [5.41, 5.74) is 7.62. The lowest BCUT2D eigenvalue weighted by Gasteiger charge is -2.28. The van der Waals surface area contributed by atoms with Crippen molar-refractivity contribution in [1.82, 2.24) is 4.90 Å². The number of nitrogens with zero attached hydrogens (tertiary/aromatic N) is 1. The second-order valence-electron chi connectivity index (χ2n) is 5.33. The Balaban J connectivity index is 2.17.